The first-order valence-corrected chi connectivity index (χ1v) is 9.71. The van der Waals surface area contributed by atoms with E-state index in [-0.39, 0.29) is 18.6 Å². The Morgan fingerprint density at radius 1 is 1.12 bits per heavy atom. The minimum atomic E-state index is -0.558. The van der Waals surface area contributed by atoms with Gasteiger partial charge in [-0.15, -0.1) is 0 Å². The van der Waals surface area contributed by atoms with Crippen molar-refractivity contribution in [2.24, 2.45) is 0 Å². The minimum absolute atomic E-state index is 0.161. The van der Waals surface area contributed by atoms with Crippen LogP contribution in [0.1, 0.15) is 44.1 Å². The lowest BCUT2D eigenvalue weighted by Gasteiger charge is -2.36. The summed E-state index contributed by atoms with van der Waals surface area (Å²) in [5.41, 5.74) is 1.08. The first kappa shape index (κ1) is 18.2. The zero-order valence-electron chi connectivity index (χ0n) is 15.0. The fourth-order valence-corrected chi connectivity index (χ4v) is 4.08. The largest absolute Gasteiger partial charge is 0.391 e. The maximum Gasteiger partial charge on any atom is 0.315 e. The zero-order chi connectivity index (χ0) is 17.5. The Kier molecular flexibility index (Phi) is 6.70. The number of nitrogens with one attached hydrogen (secondary N) is 2. The topological polar surface area (TPSA) is 64.6 Å². The van der Waals surface area contributed by atoms with Crippen molar-refractivity contribution in [2.45, 2.75) is 63.1 Å². The van der Waals surface area contributed by atoms with Crippen LogP contribution in [0.5, 0.6) is 0 Å². The molecule has 3 rings (SSSR count). The van der Waals surface area contributed by atoms with Crippen LogP contribution >= 0.6 is 0 Å². The predicted octanol–water partition coefficient (Wildman–Crippen LogP) is 2.30. The average molecular weight is 345 g/mol. The molecule has 0 bridgehead atoms. The number of aliphatic hydroxyl groups excluding tert-OH is 1. The summed E-state index contributed by atoms with van der Waals surface area (Å²) >= 11 is 0. The number of hydrogen-bond acceptors (Lipinski definition) is 3. The van der Waals surface area contributed by atoms with Gasteiger partial charge in [-0.2, -0.15) is 0 Å². The molecular weight excluding hydrogens is 314 g/mol. The highest BCUT2D eigenvalue weighted by Crippen LogP contribution is 2.26. The molecule has 2 amide bonds. The van der Waals surface area contributed by atoms with Gasteiger partial charge in [-0.25, -0.2) is 4.79 Å². The Morgan fingerprint density at radius 2 is 1.80 bits per heavy atom. The van der Waals surface area contributed by atoms with E-state index in [1.54, 1.807) is 0 Å². The van der Waals surface area contributed by atoms with Crippen molar-refractivity contribution >= 4 is 6.03 Å². The van der Waals surface area contributed by atoms with Crippen LogP contribution in [0.25, 0.3) is 0 Å². The third-order valence-electron chi connectivity index (χ3n) is 5.52. The van der Waals surface area contributed by atoms with Gasteiger partial charge >= 0.3 is 6.03 Å². The van der Waals surface area contributed by atoms with E-state index in [0.717, 1.165) is 37.5 Å². The summed E-state index contributed by atoms with van der Waals surface area (Å²) < 4.78 is 0. The van der Waals surface area contributed by atoms with E-state index in [0.29, 0.717) is 6.42 Å². The van der Waals surface area contributed by atoms with Gasteiger partial charge in [0, 0.05) is 38.1 Å². The first-order valence-electron chi connectivity index (χ1n) is 9.71. The van der Waals surface area contributed by atoms with Crippen LogP contribution < -0.4 is 10.6 Å². The molecule has 0 radical (unpaired) electrons. The Bertz CT molecular complexity index is 523. The number of nitrogens with zero attached hydrogens (tertiary/aromatic N) is 1. The van der Waals surface area contributed by atoms with Gasteiger partial charge in [0.05, 0.1) is 6.10 Å². The number of aliphatic hydroxyl groups is 1. The second-order valence-electron chi connectivity index (χ2n) is 7.45. The third-order valence-corrected chi connectivity index (χ3v) is 5.52. The van der Waals surface area contributed by atoms with Gasteiger partial charge in [-0.3, -0.25) is 0 Å². The molecule has 1 aliphatic heterocycles. The standard InChI is InChI=1S/C20H31N3O2/c24-19(14-16-6-2-1-3-7-16)15-21-20(25)22-17-10-12-23(13-11-17)18-8-4-5-9-18/h1-3,6-7,17-19,24H,4-5,8-15H2,(H2,21,22,25)/t19-/m1/s1. The van der Waals surface area contributed by atoms with Crippen LogP contribution in [-0.2, 0) is 6.42 Å². The summed E-state index contributed by atoms with van der Waals surface area (Å²) in [6.07, 6.45) is 7.48. The molecule has 0 spiro atoms. The second-order valence-corrected chi connectivity index (χ2v) is 7.45. The maximum absolute atomic E-state index is 12.1. The number of rotatable bonds is 6. The van der Waals surface area contributed by atoms with Crippen LogP contribution in [-0.4, -0.2) is 53.9 Å². The van der Waals surface area contributed by atoms with Crippen LogP contribution in [0.4, 0.5) is 4.79 Å². The summed E-state index contributed by atoms with van der Waals surface area (Å²) in [5.74, 6) is 0. The van der Waals surface area contributed by atoms with Gasteiger partial charge in [0.15, 0.2) is 0 Å². The van der Waals surface area contributed by atoms with E-state index < -0.39 is 6.10 Å². The fraction of sp³-hybridized carbons (Fsp3) is 0.650. The van der Waals surface area contributed by atoms with Crippen LogP contribution in [0.15, 0.2) is 30.3 Å². The van der Waals surface area contributed by atoms with E-state index in [9.17, 15) is 9.90 Å². The minimum Gasteiger partial charge on any atom is -0.391 e. The summed E-state index contributed by atoms with van der Waals surface area (Å²) in [7, 11) is 0. The molecule has 3 N–H and O–H groups in total. The van der Waals surface area contributed by atoms with Crippen LogP contribution in [0, 0.1) is 0 Å². The summed E-state index contributed by atoms with van der Waals surface area (Å²) in [6.45, 7) is 2.46. The van der Waals surface area contributed by atoms with Crippen LogP contribution in [0.3, 0.4) is 0 Å². The van der Waals surface area contributed by atoms with Crippen molar-refractivity contribution < 1.29 is 9.90 Å². The average Bonchev–Trinajstić information content (AvgIpc) is 3.16. The van der Waals surface area contributed by atoms with Crippen molar-refractivity contribution in [1.29, 1.82) is 0 Å². The Hall–Kier alpha value is -1.59. The van der Waals surface area contributed by atoms with Crippen LogP contribution in [0.2, 0.25) is 0 Å². The number of amides is 2. The Labute approximate surface area is 150 Å². The fourth-order valence-electron chi connectivity index (χ4n) is 4.08. The molecule has 0 aromatic heterocycles. The molecular formula is C20H31N3O2. The number of benzene rings is 1. The zero-order valence-corrected chi connectivity index (χ0v) is 15.0. The van der Waals surface area contributed by atoms with E-state index in [1.807, 2.05) is 30.3 Å². The number of piperidine rings is 1. The molecule has 1 saturated carbocycles. The molecule has 1 atom stereocenters. The van der Waals surface area contributed by atoms with Crippen molar-refractivity contribution in [2.75, 3.05) is 19.6 Å². The normalized spacial score (nSPS) is 21.2. The predicted molar refractivity (Wildman–Crippen MR) is 99.5 cm³/mol. The molecule has 2 aliphatic rings. The molecule has 1 aliphatic carbocycles. The van der Waals surface area contributed by atoms with Gasteiger partial charge in [0.25, 0.3) is 0 Å². The monoisotopic (exact) mass is 345 g/mol. The Morgan fingerprint density at radius 3 is 2.48 bits per heavy atom. The third kappa shape index (κ3) is 5.72. The van der Waals surface area contributed by atoms with E-state index in [4.69, 9.17) is 0 Å². The van der Waals surface area contributed by atoms with E-state index >= 15 is 0 Å². The first-order chi connectivity index (χ1) is 12.2. The summed E-state index contributed by atoms with van der Waals surface area (Å²) in [6, 6.07) is 10.7. The highest BCUT2D eigenvalue weighted by Gasteiger charge is 2.27. The number of carbonyl (C=O) groups excluding carboxylic acids is 1. The smallest absolute Gasteiger partial charge is 0.315 e. The van der Waals surface area contributed by atoms with Gasteiger partial charge in [-0.1, -0.05) is 43.2 Å². The molecule has 25 heavy (non-hydrogen) atoms. The number of urea groups is 1. The molecule has 1 aromatic carbocycles. The van der Waals surface area contributed by atoms with Crippen molar-refractivity contribution in [1.82, 2.24) is 15.5 Å². The van der Waals surface area contributed by atoms with Gasteiger partial charge in [0.1, 0.15) is 0 Å². The molecule has 1 saturated heterocycles. The molecule has 5 nitrogen and oxygen atoms in total. The van der Waals surface area contributed by atoms with Gasteiger partial charge < -0.3 is 20.6 Å². The Balaban J connectivity index is 1.31. The lowest BCUT2D eigenvalue weighted by molar-refractivity contribution is 0.143. The molecule has 2 fully saturated rings. The van der Waals surface area contributed by atoms with Gasteiger partial charge in [0.2, 0.25) is 0 Å². The van der Waals surface area contributed by atoms with Crippen molar-refractivity contribution in [3.8, 4) is 0 Å². The second kappa shape index (κ2) is 9.20. The quantitative estimate of drug-likeness (QED) is 0.741. The summed E-state index contributed by atoms with van der Waals surface area (Å²) in [5, 5.41) is 15.9. The highest BCUT2D eigenvalue weighted by molar-refractivity contribution is 5.74. The maximum atomic E-state index is 12.1. The van der Waals surface area contributed by atoms with Crippen molar-refractivity contribution in [3.63, 3.8) is 0 Å². The highest BCUT2D eigenvalue weighted by atomic mass is 16.3. The number of likely N-dealkylation sites (tertiary alicyclic amines) is 1. The van der Waals surface area contributed by atoms with E-state index in [2.05, 4.69) is 15.5 Å². The van der Waals surface area contributed by atoms with Gasteiger partial charge in [-0.05, 0) is 31.2 Å². The number of carbonyl (C=O) groups is 1. The molecule has 138 valence electrons. The lowest BCUT2D eigenvalue weighted by atomic mass is 10.0. The number of hydrogen-bond donors (Lipinski definition) is 3. The molecule has 0 unspecified atom stereocenters. The summed E-state index contributed by atoms with van der Waals surface area (Å²) in [4.78, 5) is 14.7. The lowest BCUT2D eigenvalue weighted by Crippen LogP contribution is -2.50. The molecule has 1 heterocycles. The molecule has 5 heteroatoms. The van der Waals surface area contributed by atoms with Crippen molar-refractivity contribution in [3.05, 3.63) is 35.9 Å². The SMILES string of the molecule is O=C(NC[C@H](O)Cc1ccccc1)NC1CCN(C2CCCC2)CC1. The van der Waals surface area contributed by atoms with E-state index in [1.165, 1.54) is 25.7 Å². The molecule has 1 aromatic rings.